The largest absolute Gasteiger partial charge is 0.393 e. The Balaban J connectivity index is 1.86. The van der Waals surface area contributed by atoms with E-state index in [0.717, 1.165) is 11.3 Å². The monoisotopic (exact) mass is 343 g/mol. The highest BCUT2D eigenvalue weighted by atomic mass is 35.5. The molecule has 24 heavy (non-hydrogen) atoms. The zero-order valence-corrected chi connectivity index (χ0v) is 13.6. The van der Waals surface area contributed by atoms with Crippen LogP contribution in [0.25, 0.3) is 0 Å². The quantitative estimate of drug-likeness (QED) is 0.643. The number of nitrogens with one attached hydrogen (secondary N) is 2. The van der Waals surface area contributed by atoms with Crippen molar-refractivity contribution in [1.82, 2.24) is 9.97 Å². The summed E-state index contributed by atoms with van der Waals surface area (Å²) in [6, 6.07) is 11.4. The minimum atomic E-state index is -0.309. The van der Waals surface area contributed by atoms with Crippen LogP contribution in [0, 0.1) is 12.7 Å². The molecule has 0 aliphatic rings. The molecule has 0 unspecified atom stereocenters. The molecular formula is C17H15ClFN5. The molecule has 3 aromatic rings. The Morgan fingerprint density at radius 3 is 2.33 bits per heavy atom. The third-order valence-corrected chi connectivity index (χ3v) is 3.67. The summed E-state index contributed by atoms with van der Waals surface area (Å²) in [7, 11) is 0. The number of hydrogen-bond donors (Lipinski definition) is 3. The van der Waals surface area contributed by atoms with Crippen LogP contribution >= 0.6 is 11.6 Å². The maximum absolute atomic E-state index is 13.0. The van der Waals surface area contributed by atoms with Gasteiger partial charge in [0.2, 0.25) is 0 Å². The minimum Gasteiger partial charge on any atom is -0.393 e. The molecule has 0 aliphatic heterocycles. The third kappa shape index (κ3) is 3.55. The molecule has 2 aromatic carbocycles. The van der Waals surface area contributed by atoms with E-state index >= 15 is 0 Å². The number of rotatable bonds is 4. The van der Waals surface area contributed by atoms with Gasteiger partial charge in [0.1, 0.15) is 17.8 Å². The molecule has 0 atom stereocenters. The molecule has 7 heteroatoms. The third-order valence-electron chi connectivity index (χ3n) is 3.43. The van der Waals surface area contributed by atoms with Gasteiger partial charge in [-0.3, -0.25) is 0 Å². The van der Waals surface area contributed by atoms with Crippen molar-refractivity contribution in [2.24, 2.45) is 0 Å². The van der Waals surface area contributed by atoms with Crippen LogP contribution in [0.3, 0.4) is 0 Å². The van der Waals surface area contributed by atoms with Crippen LogP contribution < -0.4 is 16.4 Å². The van der Waals surface area contributed by atoms with Crippen molar-refractivity contribution in [1.29, 1.82) is 0 Å². The summed E-state index contributed by atoms with van der Waals surface area (Å²) in [5, 5.41) is 6.87. The molecule has 0 amide bonds. The second-order valence-corrected chi connectivity index (χ2v) is 5.64. The predicted octanol–water partition coefficient (Wildman–Crippen LogP) is 4.65. The molecule has 0 saturated heterocycles. The summed E-state index contributed by atoms with van der Waals surface area (Å²) >= 11 is 5.96. The van der Waals surface area contributed by atoms with Crippen LogP contribution in [0.2, 0.25) is 5.02 Å². The van der Waals surface area contributed by atoms with Gasteiger partial charge in [-0.05, 0) is 55.0 Å². The second-order valence-electron chi connectivity index (χ2n) is 5.20. The van der Waals surface area contributed by atoms with E-state index in [4.69, 9.17) is 17.3 Å². The highest BCUT2D eigenvalue weighted by molar-refractivity contribution is 6.30. The number of nitrogens with zero attached hydrogens (tertiary/aromatic N) is 2. The Bertz CT molecular complexity index is 867. The number of anilines is 5. The average Bonchev–Trinajstić information content (AvgIpc) is 2.55. The van der Waals surface area contributed by atoms with E-state index in [0.29, 0.717) is 28.0 Å². The smallest absolute Gasteiger partial charge is 0.159 e. The Kier molecular flexibility index (Phi) is 4.48. The van der Waals surface area contributed by atoms with Gasteiger partial charge in [0.15, 0.2) is 11.6 Å². The molecule has 1 heterocycles. The van der Waals surface area contributed by atoms with Crippen LogP contribution in [0.4, 0.5) is 33.1 Å². The Hall–Kier alpha value is -2.86. The Labute approximate surface area is 143 Å². The standard InChI is InChI=1S/C17H15ClFN5/c1-10-8-11(18)2-7-14(10)24-17-15(20)16(21-9-22-17)23-13-5-3-12(19)4-6-13/h2-9H,20H2,1H3,(H2,21,22,23,24). The summed E-state index contributed by atoms with van der Waals surface area (Å²) in [4.78, 5) is 8.31. The lowest BCUT2D eigenvalue weighted by Crippen LogP contribution is -2.05. The zero-order valence-electron chi connectivity index (χ0n) is 12.8. The fraction of sp³-hybridized carbons (Fsp3) is 0.0588. The highest BCUT2D eigenvalue weighted by Crippen LogP contribution is 2.30. The highest BCUT2D eigenvalue weighted by Gasteiger charge is 2.10. The van der Waals surface area contributed by atoms with Crippen molar-refractivity contribution in [3.8, 4) is 0 Å². The number of halogens is 2. The van der Waals surface area contributed by atoms with Crippen LogP contribution in [0.5, 0.6) is 0 Å². The fourth-order valence-corrected chi connectivity index (χ4v) is 2.39. The van der Waals surface area contributed by atoms with Crippen molar-refractivity contribution >= 4 is 40.3 Å². The summed E-state index contributed by atoms with van der Waals surface area (Å²) in [6.45, 7) is 1.93. The van der Waals surface area contributed by atoms with Crippen molar-refractivity contribution in [2.45, 2.75) is 6.92 Å². The SMILES string of the molecule is Cc1cc(Cl)ccc1Nc1ncnc(Nc2ccc(F)cc2)c1N. The summed E-state index contributed by atoms with van der Waals surface area (Å²) in [5.74, 6) is 0.600. The number of aryl methyl sites for hydroxylation is 1. The van der Waals surface area contributed by atoms with E-state index < -0.39 is 0 Å². The van der Waals surface area contributed by atoms with Crippen LogP contribution in [-0.4, -0.2) is 9.97 Å². The van der Waals surface area contributed by atoms with Crippen LogP contribution in [0.1, 0.15) is 5.56 Å². The summed E-state index contributed by atoms with van der Waals surface area (Å²) < 4.78 is 13.0. The zero-order chi connectivity index (χ0) is 17.1. The van der Waals surface area contributed by atoms with E-state index in [1.54, 1.807) is 18.2 Å². The van der Waals surface area contributed by atoms with Gasteiger partial charge in [-0.2, -0.15) is 0 Å². The number of aromatic nitrogens is 2. The van der Waals surface area contributed by atoms with E-state index in [1.807, 2.05) is 19.1 Å². The first-order chi connectivity index (χ1) is 11.5. The normalized spacial score (nSPS) is 10.5. The van der Waals surface area contributed by atoms with Gasteiger partial charge in [-0.25, -0.2) is 14.4 Å². The summed E-state index contributed by atoms with van der Waals surface area (Å²) in [6.07, 6.45) is 1.40. The van der Waals surface area contributed by atoms with Gasteiger partial charge in [0.25, 0.3) is 0 Å². The van der Waals surface area contributed by atoms with E-state index in [-0.39, 0.29) is 5.82 Å². The molecular weight excluding hydrogens is 329 g/mol. The van der Waals surface area contributed by atoms with E-state index in [2.05, 4.69) is 20.6 Å². The first-order valence-corrected chi connectivity index (χ1v) is 7.57. The van der Waals surface area contributed by atoms with Gasteiger partial charge in [-0.1, -0.05) is 11.6 Å². The fourth-order valence-electron chi connectivity index (χ4n) is 2.16. The van der Waals surface area contributed by atoms with Gasteiger partial charge < -0.3 is 16.4 Å². The van der Waals surface area contributed by atoms with Gasteiger partial charge >= 0.3 is 0 Å². The van der Waals surface area contributed by atoms with Crippen molar-refractivity contribution < 1.29 is 4.39 Å². The molecule has 0 fully saturated rings. The number of hydrogen-bond acceptors (Lipinski definition) is 5. The van der Waals surface area contributed by atoms with Crippen LogP contribution in [0.15, 0.2) is 48.8 Å². The maximum Gasteiger partial charge on any atom is 0.159 e. The van der Waals surface area contributed by atoms with Gasteiger partial charge in [0, 0.05) is 16.4 Å². The number of benzene rings is 2. The minimum absolute atomic E-state index is 0.309. The molecule has 4 N–H and O–H groups in total. The second kappa shape index (κ2) is 6.72. The number of nitrogens with two attached hydrogens (primary N) is 1. The van der Waals surface area contributed by atoms with Crippen molar-refractivity contribution in [3.63, 3.8) is 0 Å². The lowest BCUT2D eigenvalue weighted by Gasteiger charge is -2.14. The molecule has 5 nitrogen and oxygen atoms in total. The van der Waals surface area contributed by atoms with Crippen molar-refractivity contribution in [2.75, 3.05) is 16.4 Å². The molecule has 0 bridgehead atoms. The molecule has 0 aliphatic carbocycles. The van der Waals surface area contributed by atoms with Gasteiger partial charge in [-0.15, -0.1) is 0 Å². The molecule has 122 valence electrons. The Morgan fingerprint density at radius 2 is 1.67 bits per heavy atom. The van der Waals surface area contributed by atoms with Crippen LogP contribution in [-0.2, 0) is 0 Å². The maximum atomic E-state index is 13.0. The Morgan fingerprint density at radius 1 is 1.00 bits per heavy atom. The molecule has 0 spiro atoms. The van der Waals surface area contributed by atoms with E-state index in [9.17, 15) is 4.39 Å². The average molecular weight is 344 g/mol. The van der Waals surface area contributed by atoms with Gasteiger partial charge in [0.05, 0.1) is 0 Å². The lowest BCUT2D eigenvalue weighted by molar-refractivity contribution is 0.628. The topological polar surface area (TPSA) is 75.9 Å². The first kappa shape index (κ1) is 16.0. The molecule has 0 saturated carbocycles. The van der Waals surface area contributed by atoms with Crippen molar-refractivity contribution in [3.05, 3.63) is 65.2 Å². The molecule has 3 rings (SSSR count). The molecule has 0 radical (unpaired) electrons. The summed E-state index contributed by atoms with van der Waals surface area (Å²) in [5.41, 5.74) is 8.98. The lowest BCUT2D eigenvalue weighted by atomic mass is 10.2. The van der Waals surface area contributed by atoms with E-state index in [1.165, 1.54) is 18.5 Å². The predicted molar refractivity (Wildman–Crippen MR) is 95.6 cm³/mol. The number of nitrogen functional groups attached to an aromatic ring is 1. The first-order valence-electron chi connectivity index (χ1n) is 7.19. The molecule has 1 aromatic heterocycles.